The quantitative estimate of drug-likeness (QED) is 0.735. The zero-order chi connectivity index (χ0) is 13.9. The van der Waals surface area contributed by atoms with Gasteiger partial charge in [-0.05, 0) is 22.9 Å². The Hall–Kier alpha value is -1.34. The zero-order valence-electron chi connectivity index (χ0n) is 10.7. The van der Waals surface area contributed by atoms with E-state index in [-0.39, 0.29) is 26.4 Å². The standard InChI is InChI=1S/C14H14O4S2/c15-3-5-17-11-9-1-7-19-13(9)12(18-6-4-16)10-2-8-20-14(10)11/h1-2,7-8,15-16H,3-6H2. The van der Waals surface area contributed by atoms with Crippen LogP contribution in [0.1, 0.15) is 0 Å². The van der Waals surface area contributed by atoms with Crippen molar-refractivity contribution in [2.45, 2.75) is 0 Å². The molecule has 3 rings (SSSR count). The van der Waals surface area contributed by atoms with Gasteiger partial charge >= 0.3 is 0 Å². The summed E-state index contributed by atoms with van der Waals surface area (Å²) >= 11 is 3.17. The molecule has 0 saturated heterocycles. The maximum Gasteiger partial charge on any atom is 0.146 e. The first-order valence-electron chi connectivity index (χ1n) is 6.24. The van der Waals surface area contributed by atoms with Crippen LogP contribution in [0.3, 0.4) is 0 Å². The van der Waals surface area contributed by atoms with Crippen molar-refractivity contribution in [2.24, 2.45) is 0 Å². The molecule has 0 aliphatic carbocycles. The third-order valence-electron chi connectivity index (χ3n) is 2.91. The highest BCUT2D eigenvalue weighted by atomic mass is 32.1. The van der Waals surface area contributed by atoms with E-state index in [9.17, 15) is 0 Å². The molecule has 0 atom stereocenters. The van der Waals surface area contributed by atoms with Crippen LogP contribution < -0.4 is 9.47 Å². The van der Waals surface area contributed by atoms with E-state index in [0.717, 1.165) is 31.7 Å². The van der Waals surface area contributed by atoms with Crippen LogP contribution in [0, 0.1) is 0 Å². The third kappa shape index (κ3) is 2.25. The molecule has 0 aliphatic heterocycles. The molecule has 0 saturated carbocycles. The molecule has 0 unspecified atom stereocenters. The van der Waals surface area contributed by atoms with E-state index in [1.807, 2.05) is 22.9 Å². The molecule has 0 radical (unpaired) electrons. The normalized spacial score (nSPS) is 11.3. The number of rotatable bonds is 6. The minimum atomic E-state index is -0.0126. The average Bonchev–Trinajstić information content (AvgIpc) is 3.11. The van der Waals surface area contributed by atoms with Crippen molar-refractivity contribution in [1.82, 2.24) is 0 Å². The monoisotopic (exact) mass is 310 g/mol. The maximum atomic E-state index is 8.97. The number of hydrogen-bond acceptors (Lipinski definition) is 6. The first-order valence-corrected chi connectivity index (χ1v) is 8.00. The molecule has 0 bridgehead atoms. The summed E-state index contributed by atoms with van der Waals surface area (Å²) in [7, 11) is 0. The van der Waals surface area contributed by atoms with E-state index in [2.05, 4.69) is 0 Å². The Kier molecular flexibility index (Phi) is 4.07. The van der Waals surface area contributed by atoms with E-state index in [0.29, 0.717) is 0 Å². The van der Waals surface area contributed by atoms with Gasteiger partial charge in [-0.2, -0.15) is 0 Å². The summed E-state index contributed by atoms with van der Waals surface area (Å²) in [6.45, 7) is 0.520. The van der Waals surface area contributed by atoms with Gasteiger partial charge in [-0.25, -0.2) is 0 Å². The molecule has 0 spiro atoms. The highest BCUT2D eigenvalue weighted by molar-refractivity contribution is 7.19. The van der Waals surface area contributed by atoms with Crippen LogP contribution in [-0.2, 0) is 0 Å². The van der Waals surface area contributed by atoms with Gasteiger partial charge in [-0.1, -0.05) is 0 Å². The van der Waals surface area contributed by atoms with Crippen molar-refractivity contribution in [2.75, 3.05) is 26.4 Å². The predicted octanol–water partition coefficient (Wildman–Crippen LogP) is 2.86. The molecule has 1 aromatic carbocycles. The van der Waals surface area contributed by atoms with Gasteiger partial charge < -0.3 is 19.7 Å². The Morgan fingerprint density at radius 2 is 1.25 bits per heavy atom. The fourth-order valence-corrected chi connectivity index (χ4v) is 3.96. The smallest absolute Gasteiger partial charge is 0.146 e. The maximum absolute atomic E-state index is 8.97. The molecule has 2 aromatic heterocycles. The van der Waals surface area contributed by atoms with Gasteiger partial charge in [-0.15, -0.1) is 22.7 Å². The Balaban J connectivity index is 2.22. The van der Waals surface area contributed by atoms with Crippen molar-refractivity contribution in [3.63, 3.8) is 0 Å². The Labute approximate surface area is 123 Å². The number of aliphatic hydroxyl groups excluding tert-OH is 2. The lowest BCUT2D eigenvalue weighted by molar-refractivity contribution is 0.202. The van der Waals surface area contributed by atoms with Gasteiger partial charge in [0, 0.05) is 10.8 Å². The van der Waals surface area contributed by atoms with Crippen LogP contribution in [0.25, 0.3) is 20.2 Å². The zero-order valence-corrected chi connectivity index (χ0v) is 12.3. The van der Waals surface area contributed by atoms with Crippen LogP contribution in [0.2, 0.25) is 0 Å². The molecule has 106 valence electrons. The average molecular weight is 310 g/mol. The fraction of sp³-hybridized carbons (Fsp3) is 0.286. The predicted molar refractivity (Wildman–Crippen MR) is 82.4 cm³/mol. The molecule has 20 heavy (non-hydrogen) atoms. The van der Waals surface area contributed by atoms with Gasteiger partial charge in [0.25, 0.3) is 0 Å². The molecular weight excluding hydrogens is 296 g/mol. The Morgan fingerprint density at radius 1 is 0.800 bits per heavy atom. The first-order chi connectivity index (χ1) is 9.86. The van der Waals surface area contributed by atoms with Crippen molar-refractivity contribution < 1.29 is 19.7 Å². The van der Waals surface area contributed by atoms with Crippen LogP contribution in [0.5, 0.6) is 11.5 Å². The van der Waals surface area contributed by atoms with Gasteiger partial charge in [0.15, 0.2) is 0 Å². The minimum absolute atomic E-state index is 0.0126. The van der Waals surface area contributed by atoms with Crippen molar-refractivity contribution in [3.05, 3.63) is 22.9 Å². The molecule has 2 heterocycles. The van der Waals surface area contributed by atoms with Crippen molar-refractivity contribution in [1.29, 1.82) is 0 Å². The third-order valence-corrected chi connectivity index (χ3v) is 4.73. The lowest BCUT2D eigenvalue weighted by atomic mass is 10.1. The summed E-state index contributed by atoms with van der Waals surface area (Å²) in [6, 6.07) is 4.00. The lowest BCUT2D eigenvalue weighted by Crippen LogP contribution is -2.04. The summed E-state index contributed by atoms with van der Waals surface area (Å²) < 4.78 is 13.5. The minimum Gasteiger partial charge on any atom is -0.489 e. The van der Waals surface area contributed by atoms with Crippen molar-refractivity contribution in [3.8, 4) is 11.5 Å². The number of fused-ring (bicyclic) bond motifs is 2. The van der Waals surface area contributed by atoms with E-state index in [4.69, 9.17) is 19.7 Å². The highest BCUT2D eigenvalue weighted by Gasteiger charge is 2.18. The summed E-state index contributed by atoms with van der Waals surface area (Å²) in [5, 5.41) is 23.9. The summed E-state index contributed by atoms with van der Waals surface area (Å²) in [6.07, 6.45) is 0. The number of aliphatic hydroxyl groups is 2. The molecular formula is C14H14O4S2. The van der Waals surface area contributed by atoms with E-state index >= 15 is 0 Å². The lowest BCUT2D eigenvalue weighted by Gasteiger charge is -2.12. The topological polar surface area (TPSA) is 58.9 Å². The summed E-state index contributed by atoms with van der Waals surface area (Å²) in [5.41, 5.74) is 0. The van der Waals surface area contributed by atoms with E-state index in [1.54, 1.807) is 22.7 Å². The molecule has 0 amide bonds. The number of hydrogen-bond donors (Lipinski definition) is 2. The molecule has 2 N–H and O–H groups in total. The van der Waals surface area contributed by atoms with Gasteiger partial charge in [0.2, 0.25) is 0 Å². The summed E-state index contributed by atoms with van der Waals surface area (Å²) in [5.74, 6) is 1.60. The molecule has 0 aliphatic rings. The van der Waals surface area contributed by atoms with Gasteiger partial charge in [-0.3, -0.25) is 0 Å². The van der Waals surface area contributed by atoms with Gasteiger partial charge in [0.05, 0.1) is 22.6 Å². The largest absolute Gasteiger partial charge is 0.489 e. The molecule has 4 nitrogen and oxygen atoms in total. The second-order valence-corrected chi connectivity index (χ2v) is 5.96. The SMILES string of the molecule is OCCOc1c2ccsc2c(OCCO)c2ccsc12. The second kappa shape index (κ2) is 5.97. The van der Waals surface area contributed by atoms with Crippen LogP contribution >= 0.6 is 22.7 Å². The van der Waals surface area contributed by atoms with E-state index < -0.39 is 0 Å². The number of thiophene rings is 2. The van der Waals surface area contributed by atoms with Crippen LogP contribution in [0.15, 0.2) is 22.9 Å². The number of benzene rings is 1. The first kappa shape index (κ1) is 13.6. The molecule has 0 fully saturated rings. The van der Waals surface area contributed by atoms with Crippen LogP contribution in [0.4, 0.5) is 0 Å². The highest BCUT2D eigenvalue weighted by Crippen LogP contribution is 2.47. The van der Waals surface area contributed by atoms with E-state index in [1.165, 1.54) is 0 Å². The molecule has 6 heteroatoms. The second-order valence-electron chi connectivity index (χ2n) is 4.13. The van der Waals surface area contributed by atoms with Gasteiger partial charge in [0.1, 0.15) is 24.7 Å². The Morgan fingerprint density at radius 3 is 1.65 bits per heavy atom. The summed E-state index contributed by atoms with van der Waals surface area (Å²) in [4.78, 5) is 0. The Bertz CT molecular complexity index is 608. The fourth-order valence-electron chi connectivity index (χ4n) is 2.15. The van der Waals surface area contributed by atoms with Crippen molar-refractivity contribution >= 4 is 42.8 Å². The van der Waals surface area contributed by atoms with Crippen LogP contribution in [-0.4, -0.2) is 36.6 Å². The number of ether oxygens (including phenoxy) is 2. The molecule has 3 aromatic rings.